The second-order valence-electron chi connectivity index (χ2n) is 12.0. The molecule has 0 saturated heterocycles. The maximum absolute atomic E-state index is 11.7. The van der Waals surface area contributed by atoms with Crippen molar-refractivity contribution in [1.29, 1.82) is 0 Å². The maximum Gasteiger partial charge on any atom is 0.397 e. The Morgan fingerprint density at radius 1 is 0.553 bits per heavy atom. The molecule has 5 nitrogen and oxygen atoms in total. The lowest BCUT2D eigenvalue weighted by Gasteiger charge is -2.33. The summed E-state index contributed by atoms with van der Waals surface area (Å²) in [4.78, 5) is 0. The molecule has 0 aromatic rings. The van der Waals surface area contributed by atoms with Crippen LogP contribution in [0.15, 0.2) is 0 Å². The van der Waals surface area contributed by atoms with Crippen LogP contribution in [0, 0.1) is 0 Å². The fourth-order valence-corrected chi connectivity index (χ4v) is 6.47. The van der Waals surface area contributed by atoms with Gasteiger partial charge in [-0.1, -0.05) is 168 Å². The van der Waals surface area contributed by atoms with Crippen molar-refractivity contribution in [3.63, 3.8) is 0 Å². The first-order valence-electron chi connectivity index (χ1n) is 16.6. The van der Waals surface area contributed by atoms with Gasteiger partial charge < -0.3 is 5.11 Å². The highest BCUT2D eigenvalue weighted by Crippen LogP contribution is 2.33. The molecular weight excluding hydrogens is 496 g/mol. The molecule has 0 rings (SSSR count). The summed E-state index contributed by atoms with van der Waals surface area (Å²) in [6, 6.07) is 0. The van der Waals surface area contributed by atoms with E-state index in [-0.39, 0.29) is 6.42 Å². The lowest BCUT2D eigenvalue weighted by molar-refractivity contribution is -0.00386. The van der Waals surface area contributed by atoms with E-state index in [2.05, 4.69) is 13.8 Å². The first kappa shape index (κ1) is 37.8. The fourth-order valence-electron chi connectivity index (χ4n) is 5.78. The minimum Gasteiger partial charge on any atom is -0.393 e. The maximum atomic E-state index is 11.7. The third-order valence-corrected chi connectivity index (χ3v) is 8.49. The van der Waals surface area contributed by atoms with Crippen molar-refractivity contribution in [1.82, 2.24) is 0 Å². The lowest BCUT2D eigenvalue weighted by atomic mass is 9.85. The largest absolute Gasteiger partial charge is 0.397 e. The number of hydrogen-bond acceptors (Lipinski definition) is 4. The van der Waals surface area contributed by atoms with Crippen molar-refractivity contribution in [2.24, 2.45) is 0 Å². The van der Waals surface area contributed by atoms with Gasteiger partial charge in [-0.3, -0.25) is 4.55 Å². The van der Waals surface area contributed by atoms with E-state index in [9.17, 15) is 18.1 Å². The van der Waals surface area contributed by atoms with Crippen LogP contribution in [0.25, 0.3) is 0 Å². The first-order valence-corrected chi connectivity index (χ1v) is 18.0. The van der Waals surface area contributed by atoms with Crippen LogP contribution in [0.4, 0.5) is 0 Å². The summed E-state index contributed by atoms with van der Waals surface area (Å²) in [6.07, 6.45) is 30.5. The lowest BCUT2D eigenvalue weighted by Crippen LogP contribution is -2.38. The smallest absolute Gasteiger partial charge is 0.393 e. The normalized spacial score (nSPS) is 13.3. The minimum absolute atomic E-state index is 0.239. The van der Waals surface area contributed by atoms with Gasteiger partial charge in [-0.2, -0.15) is 8.42 Å². The molecule has 0 bridgehead atoms. The monoisotopic (exact) mass is 562 g/mol. The Bertz CT molecular complexity index is 563. The minimum atomic E-state index is -4.57. The average molecular weight is 563 g/mol. The van der Waals surface area contributed by atoms with Gasteiger partial charge in [-0.05, 0) is 19.8 Å². The zero-order valence-corrected chi connectivity index (χ0v) is 26.5. The summed E-state index contributed by atoms with van der Waals surface area (Å²) < 4.78 is 38.3. The van der Waals surface area contributed by atoms with E-state index in [1.165, 1.54) is 116 Å². The molecule has 2 N–H and O–H groups in total. The molecule has 230 valence electrons. The standard InChI is InChI=1S/C32H66O5S/c1-4-6-8-10-12-14-16-18-20-22-24-26-28-32(30-31(3)33,37-38(34,35)36)29-27-25-23-21-19-17-15-13-11-9-7-5-2/h31,33H,4-30H2,1-3H3,(H,34,35,36). The Kier molecular flexibility index (Phi) is 25.7. The van der Waals surface area contributed by atoms with Crippen LogP contribution in [0.3, 0.4) is 0 Å². The van der Waals surface area contributed by atoms with Crippen LogP contribution < -0.4 is 0 Å². The van der Waals surface area contributed by atoms with Gasteiger partial charge in [-0.15, -0.1) is 0 Å². The summed E-state index contributed by atoms with van der Waals surface area (Å²) in [5.41, 5.74) is -1.00. The highest BCUT2D eigenvalue weighted by atomic mass is 32.3. The molecule has 1 unspecified atom stereocenters. The molecule has 0 fully saturated rings. The van der Waals surface area contributed by atoms with E-state index >= 15 is 0 Å². The molecular formula is C32H66O5S. The van der Waals surface area contributed by atoms with E-state index in [0.717, 1.165) is 38.5 Å². The summed E-state index contributed by atoms with van der Waals surface area (Å²) in [6.45, 7) is 6.18. The highest BCUT2D eigenvalue weighted by Gasteiger charge is 2.36. The number of unbranched alkanes of at least 4 members (excludes halogenated alkanes) is 22. The van der Waals surface area contributed by atoms with E-state index in [4.69, 9.17) is 4.18 Å². The summed E-state index contributed by atoms with van der Waals surface area (Å²) >= 11 is 0. The molecule has 0 heterocycles. The Balaban J connectivity index is 4.27. The molecule has 0 aliphatic rings. The van der Waals surface area contributed by atoms with Crippen LogP contribution in [-0.2, 0) is 14.6 Å². The van der Waals surface area contributed by atoms with Crippen LogP contribution in [0.2, 0.25) is 0 Å². The molecule has 38 heavy (non-hydrogen) atoms. The van der Waals surface area contributed by atoms with Crippen molar-refractivity contribution in [2.45, 2.75) is 206 Å². The number of rotatable bonds is 30. The zero-order valence-electron chi connectivity index (χ0n) is 25.7. The van der Waals surface area contributed by atoms with Crippen LogP contribution in [0.1, 0.15) is 194 Å². The summed E-state index contributed by atoms with van der Waals surface area (Å²) in [7, 11) is -4.57. The van der Waals surface area contributed by atoms with Gasteiger partial charge in [0.1, 0.15) is 0 Å². The SMILES string of the molecule is CCCCCCCCCCCCCCC(CCCCCCCCCCCCCC)(CC(C)O)OS(=O)(=O)O. The second-order valence-corrected chi connectivity index (χ2v) is 13.0. The summed E-state index contributed by atoms with van der Waals surface area (Å²) in [5.74, 6) is 0. The molecule has 0 spiro atoms. The third kappa shape index (κ3) is 26.1. The molecule has 0 amide bonds. The first-order chi connectivity index (χ1) is 18.2. The molecule has 0 aromatic heterocycles. The molecule has 0 aromatic carbocycles. The van der Waals surface area contributed by atoms with Crippen molar-refractivity contribution in [2.75, 3.05) is 0 Å². The van der Waals surface area contributed by atoms with Crippen LogP contribution in [-0.4, -0.2) is 29.8 Å². The number of aliphatic hydroxyl groups excluding tert-OH is 1. The molecule has 0 aliphatic carbocycles. The van der Waals surface area contributed by atoms with Gasteiger partial charge >= 0.3 is 10.4 Å². The van der Waals surface area contributed by atoms with Crippen molar-refractivity contribution in [3.05, 3.63) is 0 Å². The molecule has 0 aliphatic heterocycles. The van der Waals surface area contributed by atoms with Gasteiger partial charge in [0, 0.05) is 6.42 Å². The Hall–Kier alpha value is -0.170. The predicted octanol–water partition coefficient (Wildman–Crippen LogP) is 10.5. The van der Waals surface area contributed by atoms with Gasteiger partial charge in [-0.25, -0.2) is 4.18 Å². The summed E-state index contributed by atoms with van der Waals surface area (Å²) in [5, 5.41) is 10.1. The van der Waals surface area contributed by atoms with Crippen LogP contribution >= 0.6 is 0 Å². The molecule has 1 atom stereocenters. The quantitative estimate of drug-likeness (QED) is 0.0672. The molecule has 6 heteroatoms. The Morgan fingerprint density at radius 3 is 1.05 bits per heavy atom. The number of hydrogen-bond donors (Lipinski definition) is 2. The van der Waals surface area contributed by atoms with Gasteiger partial charge in [0.25, 0.3) is 0 Å². The van der Waals surface area contributed by atoms with Crippen molar-refractivity contribution >= 4 is 10.4 Å². The predicted molar refractivity (Wildman–Crippen MR) is 163 cm³/mol. The van der Waals surface area contributed by atoms with Crippen LogP contribution in [0.5, 0.6) is 0 Å². The van der Waals surface area contributed by atoms with Gasteiger partial charge in [0.15, 0.2) is 0 Å². The topological polar surface area (TPSA) is 83.8 Å². The van der Waals surface area contributed by atoms with E-state index in [1.807, 2.05) is 0 Å². The Labute approximate surface area is 238 Å². The third-order valence-electron chi connectivity index (χ3n) is 7.92. The Morgan fingerprint density at radius 2 is 0.816 bits per heavy atom. The zero-order chi connectivity index (χ0) is 28.4. The van der Waals surface area contributed by atoms with Crippen molar-refractivity contribution in [3.8, 4) is 0 Å². The van der Waals surface area contributed by atoms with E-state index < -0.39 is 22.1 Å². The molecule has 0 saturated carbocycles. The fraction of sp³-hybridized carbons (Fsp3) is 1.00. The molecule has 0 radical (unpaired) electrons. The van der Waals surface area contributed by atoms with Gasteiger partial charge in [0.2, 0.25) is 0 Å². The van der Waals surface area contributed by atoms with Crippen molar-refractivity contribution < 1.29 is 22.3 Å². The average Bonchev–Trinajstić information content (AvgIpc) is 2.84. The number of aliphatic hydroxyl groups is 1. The van der Waals surface area contributed by atoms with E-state index in [1.54, 1.807) is 6.92 Å². The van der Waals surface area contributed by atoms with Gasteiger partial charge in [0.05, 0.1) is 11.7 Å². The second kappa shape index (κ2) is 25.8. The van der Waals surface area contributed by atoms with E-state index in [0.29, 0.717) is 12.8 Å². The highest BCUT2D eigenvalue weighted by molar-refractivity contribution is 7.80.